The predicted octanol–water partition coefficient (Wildman–Crippen LogP) is 5.21. The van der Waals surface area contributed by atoms with Gasteiger partial charge in [-0.15, -0.1) is 22.7 Å². The van der Waals surface area contributed by atoms with Gasteiger partial charge in [0.25, 0.3) is 0 Å². The van der Waals surface area contributed by atoms with Crippen LogP contribution in [0.5, 0.6) is 0 Å². The van der Waals surface area contributed by atoms with Crippen molar-refractivity contribution < 1.29 is 0 Å². The molecule has 2 aromatic heterocycles. The fourth-order valence-electron chi connectivity index (χ4n) is 2.73. The molecule has 0 N–H and O–H groups in total. The van der Waals surface area contributed by atoms with Gasteiger partial charge in [-0.25, -0.2) is 9.97 Å². The van der Waals surface area contributed by atoms with Crippen molar-refractivity contribution in [2.45, 2.75) is 18.3 Å². The minimum Gasteiger partial charge on any atom is -0.240 e. The predicted molar refractivity (Wildman–Crippen MR) is 101 cm³/mol. The van der Waals surface area contributed by atoms with Crippen LogP contribution in [-0.2, 0) is 0 Å². The van der Waals surface area contributed by atoms with Crippen LogP contribution in [-0.4, -0.2) is 9.97 Å². The van der Waals surface area contributed by atoms with Crippen LogP contribution in [0.15, 0.2) is 48.5 Å². The molecule has 0 radical (unpaired) electrons. The maximum absolute atomic E-state index is 9.63. The molecule has 0 bridgehead atoms. The molecule has 0 saturated carbocycles. The van der Waals surface area contributed by atoms with Crippen molar-refractivity contribution in [1.29, 1.82) is 10.5 Å². The molecular weight excluding hydrogens is 348 g/mol. The van der Waals surface area contributed by atoms with Crippen LogP contribution in [0.2, 0.25) is 0 Å². The summed E-state index contributed by atoms with van der Waals surface area (Å²) in [5.74, 6) is -0.817. The number of fused-ring (bicyclic) bond motifs is 2. The van der Waals surface area contributed by atoms with Crippen molar-refractivity contribution in [3.63, 3.8) is 0 Å². The first-order valence-corrected chi connectivity index (χ1v) is 9.42. The van der Waals surface area contributed by atoms with Gasteiger partial charge in [-0.05, 0) is 30.7 Å². The molecule has 0 amide bonds. The van der Waals surface area contributed by atoms with Crippen molar-refractivity contribution in [3.05, 3.63) is 58.5 Å². The zero-order chi connectivity index (χ0) is 17.2. The highest BCUT2D eigenvalue weighted by atomic mass is 32.1. The summed E-state index contributed by atoms with van der Waals surface area (Å²) in [6, 6.07) is 20.3. The van der Waals surface area contributed by atoms with E-state index in [0.29, 0.717) is 6.42 Å². The first-order valence-electron chi connectivity index (χ1n) is 7.78. The van der Waals surface area contributed by atoms with Gasteiger partial charge in [0.1, 0.15) is 10.0 Å². The summed E-state index contributed by atoms with van der Waals surface area (Å²) in [5.41, 5.74) is 1.80. The second kappa shape index (κ2) is 6.60. The van der Waals surface area contributed by atoms with Gasteiger partial charge in [0.2, 0.25) is 0 Å². The van der Waals surface area contributed by atoms with Crippen molar-refractivity contribution in [2.75, 3.05) is 0 Å². The lowest BCUT2D eigenvalue weighted by atomic mass is 9.97. The van der Waals surface area contributed by atoms with E-state index in [2.05, 4.69) is 22.1 Å². The molecule has 0 aliphatic rings. The Morgan fingerprint density at radius 3 is 1.60 bits per heavy atom. The summed E-state index contributed by atoms with van der Waals surface area (Å²) in [5, 5.41) is 20.8. The molecular formula is C19H12N4S2. The number of para-hydroxylation sites is 2. The van der Waals surface area contributed by atoms with Crippen LogP contribution in [0.25, 0.3) is 20.4 Å². The van der Waals surface area contributed by atoms with Gasteiger partial charge >= 0.3 is 0 Å². The highest BCUT2D eigenvalue weighted by molar-refractivity contribution is 7.19. The van der Waals surface area contributed by atoms with E-state index in [1.54, 1.807) is 0 Å². The van der Waals surface area contributed by atoms with Crippen LogP contribution >= 0.6 is 22.7 Å². The van der Waals surface area contributed by atoms with Crippen LogP contribution in [0.1, 0.15) is 28.3 Å². The van der Waals surface area contributed by atoms with Gasteiger partial charge in [-0.2, -0.15) is 10.5 Å². The lowest BCUT2D eigenvalue weighted by Crippen LogP contribution is -2.03. The molecule has 2 aromatic carbocycles. The van der Waals surface area contributed by atoms with Crippen molar-refractivity contribution >= 4 is 43.1 Å². The molecule has 2 heterocycles. The molecule has 25 heavy (non-hydrogen) atoms. The molecule has 0 saturated heterocycles. The average Bonchev–Trinajstić information content (AvgIpc) is 3.26. The van der Waals surface area contributed by atoms with Crippen molar-refractivity contribution in [2.24, 2.45) is 0 Å². The minimum atomic E-state index is -0.408. The van der Waals surface area contributed by atoms with E-state index in [4.69, 9.17) is 0 Å². The number of hydrogen-bond donors (Lipinski definition) is 0. The Bertz CT molecular complexity index is 973. The normalized spacial score (nSPS) is 13.4. The lowest BCUT2D eigenvalue weighted by Gasteiger charge is -2.09. The highest BCUT2D eigenvalue weighted by Gasteiger charge is 2.24. The minimum absolute atomic E-state index is 0.408. The molecule has 4 rings (SSSR count). The fraction of sp³-hybridized carbons (Fsp3) is 0.158. The van der Waals surface area contributed by atoms with Crippen molar-refractivity contribution in [3.8, 4) is 12.1 Å². The van der Waals surface area contributed by atoms with Gasteiger partial charge in [-0.1, -0.05) is 24.3 Å². The molecule has 0 aliphatic heterocycles. The Morgan fingerprint density at radius 1 is 0.760 bits per heavy atom. The monoisotopic (exact) mass is 360 g/mol. The molecule has 2 unspecified atom stereocenters. The third-order valence-corrected chi connectivity index (χ3v) is 6.30. The summed E-state index contributed by atoms with van der Waals surface area (Å²) in [4.78, 5) is 9.15. The number of nitrogens with zero attached hydrogens (tertiary/aromatic N) is 4. The molecule has 120 valence electrons. The first-order chi connectivity index (χ1) is 12.3. The van der Waals surface area contributed by atoms with E-state index in [1.807, 2.05) is 48.5 Å². The Labute approximate surface area is 152 Å². The molecule has 2 atom stereocenters. The highest BCUT2D eigenvalue weighted by Crippen LogP contribution is 2.36. The standard InChI is InChI=1S/C19H12N4S2/c20-10-12(18-22-14-5-1-3-7-16(14)24-18)9-13(11-21)19-23-15-6-2-4-8-17(15)25-19/h1-8,12-13H,9H2. The van der Waals surface area contributed by atoms with Gasteiger partial charge in [0.05, 0.1) is 44.4 Å². The van der Waals surface area contributed by atoms with Crippen LogP contribution in [0.3, 0.4) is 0 Å². The average molecular weight is 360 g/mol. The number of nitriles is 2. The van der Waals surface area contributed by atoms with E-state index in [-0.39, 0.29) is 0 Å². The number of benzene rings is 2. The first kappa shape index (κ1) is 15.7. The van der Waals surface area contributed by atoms with Gasteiger partial charge < -0.3 is 0 Å². The van der Waals surface area contributed by atoms with Gasteiger partial charge in [-0.3, -0.25) is 0 Å². The molecule has 6 heteroatoms. The quantitative estimate of drug-likeness (QED) is 0.501. The fourth-order valence-corrected chi connectivity index (χ4v) is 4.78. The van der Waals surface area contributed by atoms with E-state index >= 15 is 0 Å². The Kier molecular flexibility index (Phi) is 4.15. The molecule has 4 aromatic rings. The Morgan fingerprint density at radius 2 is 1.20 bits per heavy atom. The SMILES string of the molecule is N#CC(CC(C#N)c1nc2ccccc2s1)c1nc2ccccc2s1. The topological polar surface area (TPSA) is 73.4 Å². The number of thiazole rings is 2. The second-order valence-corrected chi connectivity index (χ2v) is 7.76. The Balaban J connectivity index is 1.65. The van der Waals surface area contributed by atoms with Gasteiger partial charge in [0.15, 0.2) is 0 Å². The smallest absolute Gasteiger partial charge is 0.111 e. The number of aromatic nitrogens is 2. The van der Waals surface area contributed by atoms with E-state index in [0.717, 1.165) is 30.4 Å². The molecule has 0 aliphatic carbocycles. The van der Waals surface area contributed by atoms with Crippen LogP contribution < -0.4 is 0 Å². The van der Waals surface area contributed by atoms with E-state index in [9.17, 15) is 10.5 Å². The summed E-state index contributed by atoms with van der Waals surface area (Å²) >= 11 is 3.05. The van der Waals surface area contributed by atoms with Crippen molar-refractivity contribution in [1.82, 2.24) is 9.97 Å². The summed E-state index contributed by atoms with van der Waals surface area (Å²) in [6.45, 7) is 0. The zero-order valence-corrected chi connectivity index (χ0v) is 14.7. The van der Waals surface area contributed by atoms with E-state index < -0.39 is 11.8 Å². The maximum atomic E-state index is 9.63. The molecule has 4 nitrogen and oxygen atoms in total. The summed E-state index contributed by atoms with van der Waals surface area (Å²) in [6.07, 6.45) is 0.409. The van der Waals surface area contributed by atoms with E-state index in [1.165, 1.54) is 22.7 Å². The lowest BCUT2D eigenvalue weighted by molar-refractivity contribution is 0.685. The summed E-state index contributed by atoms with van der Waals surface area (Å²) < 4.78 is 2.12. The second-order valence-electron chi connectivity index (χ2n) is 5.64. The number of hydrogen-bond acceptors (Lipinski definition) is 6. The van der Waals surface area contributed by atoms with Crippen LogP contribution in [0, 0.1) is 22.7 Å². The number of rotatable bonds is 4. The summed E-state index contributed by atoms with van der Waals surface area (Å²) in [7, 11) is 0. The third kappa shape index (κ3) is 2.98. The Hall–Kier alpha value is -2.80. The zero-order valence-electron chi connectivity index (χ0n) is 13.1. The largest absolute Gasteiger partial charge is 0.240 e. The van der Waals surface area contributed by atoms with Gasteiger partial charge in [0, 0.05) is 0 Å². The molecule has 0 fully saturated rings. The third-order valence-electron chi connectivity index (χ3n) is 4.00. The molecule has 0 spiro atoms. The van der Waals surface area contributed by atoms with Crippen LogP contribution in [0.4, 0.5) is 0 Å². The maximum Gasteiger partial charge on any atom is 0.111 e.